The predicted molar refractivity (Wildman–Crippen MR) is 71.8 cm³/mol. The Morgan fingerprint density at radius 2 is 2.06 bits per heavy atom. The maximum atomic E-state index is 11.9. The molecule has 1 amide bonds. The third-order valence-corrected chi connectivity index (χ3v) is 3.10. The number of rotatable bonds is 4. The van der Waals surface area contributed by atoms with E-state index in [2.05, 4.69) is 19.2 Å². The number of hydrogen-bond acceptors (Lipinski definition) is 2. The van der Waals surface area contributed by atoms with Crippen LogP contribution in [-0.4, -0.2) is 5.91 Å². The van der Waals surface area contributed by atoms with E-state index in [0.717, 1.165) is 17.7 Å². The first kappa shape index (κ1) is 12.4. The molecule has 18 heavy (non-hydrogen) atoms. The third-order valence-electron chi connectivity index (χ3n) is 3.10. The molecule has 1 aromatic heterocycles. The van der Waals surface area contributed by atoms with Gasteiger partial charge >= 0.3 is 0 Å². The van der Waals surface area contributed by atoms with Gasteiger partial charge in [-0.25, -0.2) is 0 Å². The van der Waals surface area contributed by atoms with Crippen molar-refractivity contribution < 1.29 is 9.21 Å². The Bertz CT molecular complexity index is 517. The molecule has 1 atom stereocenters. The Labute approximate surface area is 107 Å². The number of carbonyl (C=O) groups excluding carboxylic acids is 1. The van der Waals surface area contributed by atoms with E-state index in [4.69, 9.17) is 4.42 Å². The van der Waals surface area contributed by atoms with Crippen LogP contribution in [0.3, 0.4) is 0 Å². The van der Waals surface area contributed by atoms with Crippen LogP contribution >= 0.6 is 0 Å². The molecule has 2 rings (SSSR count). The van der Waals surface area contributed by atoms with E-state index in [9.17, 15) is 4.79 Å². The SMILES string of the molecule is CC[C@H](C)c1ccccc1NC(=O)c1ccco1. The minimum Gasteiger partial charge on any atom is -0.459 e. The number of para-hydroxylation sites is 1. The second-order valence-electron chi connectivity index (χ2n) is 4.33. The molecule has 3 nitrogen and oxygen atoms in total. The standard InChI is InChI=1S/C15H17NO2/c1-3-11(2)12-7-4-5-8-13(12)16-15(17)14-9-6-10-18-14/h4-11H,3H2,1-2H3,(H,16,17)/t11-/m0/s1. The normalized spacial score (nSPS) is 12.1. The monoisotopic (exact) mass is 243 g/mol. The first-order valence-electron chi connectivity index (χ1n) is 6.16. The number of furan rings is 1. The summed E-state index contributed by atoms with van der Waals surface area (Å²) in [6, 6.07) is 11.2. The van der Waals surface area contributed by atoms with Crippen molar-refractivity contribution in [2.45, 2.75) is 26.2 Å². The second kappa shape index (κ2) is 5.54. The fourth-order valence-electron chi connectivity index (χ4n) is 1.85. The first-order valence-corrected chi connectivity index (χ1v) is 6.16. The maximum absolute atomic E-state index is 11.9. The zero-order valence-corrected chi connectivity index (χ0v) is 10.6. The molecule has 0 radical (unpaired) electrons. The number of amides is 1. The zero-order valence-electron chi connectivity index (χ0n) is 10.6. The van der Waals surface area contributed by atoms with E-state index in [1.54, 1.807) is 12.1 Å². The molecule has 0 saturated heterocycles. The Morgan fingerprint density at radius 3 is 2.72 bits per heavy atom. The van der Waals surface area contributed by atoms with Gasteiger partial charge in [-0.3, -0.25) is 4.79 Å². The first-order chi connectivity index (χ1) is 8.72. The Kier molecular flexibility index (Phi) is 3.82. The van der Waals surface area contributed by atoms with E-state index >= 15 is 0 Å². The minimum absolute atomic E-state index is 0.212. The lowest BCUT2D eigenvalue weighted by molar-refractivity contribution is 0.0996. The smallest absolute Gasteiger partial charge is 0.291 e. The third kappa shape index (κ3) is 2.62. The summed E-state index contributed by atoms with van der Waals surface area (Å²) in [6.07, 6.45) is 2.53. The molecule has 0 bridgehead atoms. The number of carbonyl (C=O) groups is 1. The lowest BCUT2D eigenvalue weighted by Gasteiger charge is -2.14. The van der Waals surface area contributed by atoms with Crippen molar-refractivity contribution in [3.05, 3.63) is 54.0 Å². The van der Waals surface area contributed by atoms with Crippen molar-refractivity contribution >= 4 is 11.6 Å². The topological polar surface area (TPSA) is 42.2 Å². The molecule has 0 aliphatic rings. The number of anilines is 1. The number of nitrogens with one attached hydrogen (secondary N) is 1. The number of hydrogen-bond donors (Lipinski definition) is 1. The van der Waals surface area contributed by atoms with Crippen molar-refractivity contribution in [3.8, 4) is 0 Å². The molecular weight excluding hydrogens is 226 g/mol. The Morgan fingerprint density at radius 1 is 1.28 bits per heavy atom. The minimum atomic E-state index is -0.212. The molecule has 1 heterocycles. The average Bonchev–Trinajstić information content (AvgIpc) is 2.92. The lowest BCUT2D eigenvalue weighted by atomic mass is 9.97. The predicted octanol–water partition coefficient (Wildman–Crippen LogP) is 4.05. The van der Waals surface area contributed by atoms with Gasteiger partial charge in [-0.15, -0.1) is 0 Å². The summed E-state index contributed by atoms with van der Waals surface area (Å²) in [5.41, 5.74) is 2.01. The largest absolute Gasteiger partial charge is 0.459 e. The van der Waals surface area contributed by atoms with E-state index in [-0.39, 0.29) is 5.91 Å². The highest BCUT2D eigenvalue weighted by molar-refractivity contribution is 6.02. The van der Waals surface area contributed by atoms with Crippen LogP contribution in [0.25, 0.3) is 0 Å². The van der Waals surface area contributed by atoms with E-state index in [1.807, 2.05) is 24.3 Å². The van der Waals surface area contributed by atoms with Crippen LogP contribution in [0.4, 0.5) is 5.69 Å². The van der Waals surface area contributed by atoms with Crippen LogP contribution in [0.1, 0.15) is 42.3 Å². The second-order valence-corrected chi connectivity index (χ2v) is 4.33. The van der Waals surface area contributed by atoms with Crippen LogP contribution in [0.2, 0.25) is 0 Å². The average molecular weight is 243 g/mol. The lowest BCUT2D eigenvalue weighted by Crippen LogP contribution is -2.13. The molecule has 2 aromatic rings. The van der Waals surface area contributed by atoms with Gasteiger partial charge in [0.05, 0.1) is 6.26 Å². The highest BCUT2D eigenvalue weighted by Gasteiger charge is 2.13. The van der Waals surface area contributed by atoms with Crippen LogP contribution in [-0.2, 0) is 0 Å². The van der Waals surface area contributed by atoms with Gasteiger partial charge in [-0.1, -0.05) is 32.0 Å². The summed E-state index contributed by atoms with van der Waals surface area (Å²) >= 11 is 0. The van der Waals surface area contributed by atoms with Gasteiger partial charge in [0.1, 0.15) is 0 Å². The summed E-state index contributed by atoms with van der Waals surface area (Å²) in [4.78, 5) is 11.9. The molecule has 0 saturated carbocycles. The quantitative estimate of drug-likeness (QED) is 0.880. The molecule has 0 aliphatic carbocycles. The molecule has 94 valence electrons. The van der Waals surface area contributed by atoms with E-state index < -0.39 is 0 Å². The summed E-state index contributed by atoms with van der Waals surface area (Å²) in [5.74, 6) is 0.530. The van der Waals surface area contributed by atoms with Crippen LogP contribution in [0.5, 0.6) is 0 Å². The van der Waals surface area contributed by atoms with Crippen molar-refractivity contribution in [2.24, 2.45) is 0 Å². The fraction of sp³-hybridized carbons (Fsp3) is 0.267. The van der Waals surface area contributed by atoms with Crippen molar-refractivity contribution in [1.82, 2.24) is 0 Å². The molecule has 1 N–H and O–H groups in total. The molecule has 3 heteroatoms. The van der Waals surface area contributed by atoms with E-state index in [0.29, 0.717) is 11.7 Å². The molecular formula is C15H17NO2. The fourth-order valence-corrected chi connectivity index (χ4v) is 1.85. The summed E-state index contributed by atoms with van der Waals surface area (Å²) in [7, 11) is 0. The Hall–Kier alpha value is -2.03. The highest BCUT2D eigenvalue weighted by atomic mass is 16.3. The summed E-state index contributed by atoms with van der Waals surface area (Å²) < 4.78 is 5.08. The highest BCUT2D eigenvalue weighted by Crippen LogP contribution is 2.26. The van der Waals surface area contributed by atoms with Crippen LogP contribution < -0.4 is 5.32 Å². The number of benzene rings is 1. The van der Waals surface area contributed by atoms with Gasteiger partial charge in [0, 0.05) is 5.69 Å². The molecule has 0 aliphatic heterocycles. The van der Waals surface area contributed by atoms with Crippen molar-refractivity contribution in [2.75, 3.05) is 5.32 Å². The van der Waals surface area contributed by atoms with E-state index in [1.165, 1.54) is 6.26 Å². The summed E-state index contributed by atoms with van der Waals surface area (Å²) in [6.45, 7) is 4.29. The van der Waals surface area contributed by atoms with Gasteiger partial charge in [0.15, 0.2) is 5.76 Å². The van der Waals surface area contributed by atoms with Crippen molar-refractivity contribution in [3.63, 3.8) is 0 Å². The van der Waals surface area contributed by atoms with Gasteiger partial charge in [0.25, 0.3) is 5.91 Å². The van der Waals surface area contributed by atoms with Gasteiger partial charge in [-0.2, -0.15) is 0 Å². The van der Waals surface area contributed by atoms with Crippen LogP contribution in [0, 0.1) is 0 Å². The zero-order chi connectivity index (χ0) is 13.0. The van der Waals surface area contributed by atoms with Gasteiger partial charge in [-0.05, 0) is 36.1 Å². The van der Waals surface area contributed by atoms with Gasteiger partial charge < -0.3 is 9.73 Å². The van der Waals surface area contributed by atoms with Crippen molar-refractivity contribution in [1.29, 1.82) is 0 Å². The van der Waals surface area contributed by atoms with Crippen LogP contribution in [0.15, 0.2) is 47.1 Å². The molecule has 0 spiro atoms. The Balaban J connectivity index is 2.21. The molecule has 1 aromatic carbocycles. The maximum Gasteiger partial charge on any atom is 0.291 e. The molecule has 0 unspecified atom stereocenters. The summed E-state index contributed by atoms with van der Waals surface area (Å²) in [5, 5.41) is 2.90. The molecule has 0 fully saturated rings. The van der Waals surface area contributed by atoms with Gasteiger partial charge in [0.2, 0.25) is 0 Å².